The number of benzene rings is 2. The first kappa shape index (κ1) is 27.4. The molecule has 3 rings (SSSR count). The number of aliphatic carboxylic acids is 1. The SMILES string of the molecule is C[C@H](CCCCN1CCSC1CC(=O)O)N(c1cc(Cl)ccc1Cl)S(=O)(=O)c1ccc(Cl)cc1. The maximum atomic E-state index is 13.7. The van der Waals surface area contributed by atoms with Crippen LogP contribution in [0.1, 0.15) is 32.6 Å². The van der Waals surface area contributed by atoms with Gasteiger partial charge in [0.1, 0.15) is 0 Å². The second kappa shape index (κ2) is 12.2. The number of carbonyl (C=O) groups is 1. The van der Waals surface area contributed by atoms with Gasteiger partial charge in [0, 0.05) is 28.4 Å². The fourth-order valence-electron chi connectivity index (χ4n) is 4.00. The smallest absolute Gasteiger partial charge is 0.305 e. The standard InChI is InChI=1S/C23H27Cl3N2O4S2/c1-16(4-2-3-11-27-12-13-33-22(27)15-23(29)30)28(21-14-18(25)7-10-20(21)26)34(31,32)19-8-5-17(24)6-9-19/h5-10,14,16,22H,2-4,11-13,15H2,1H3,(H,29,30)/t16-,22?/m1/s1. The van der Waals surface area contributed by atoms with E-state index in [-0.39, 0.29) is 22.7 Å². The van der Waals surface area contributed by atoms with Gasteiger partial charge in [-0.05, 0) is 68.8 Å². The Hall–Kier alpha value is -1.16. The lowest BCUT2D eigenvalue weighted by Gasteiger charge is -2.31. The maximum absolute atomic E-state index is 13.7. The van der Waals surface area contributed by atoms with E-state index in [2.05, 4.69) is 4.90 Å². The van der Waals surface area contributed by atoms with Crippen LogP contribution in [0.2, 0.25) is 15.1 Å². The van der Waals surface area contributed by atoms with Crippen LogP contribution in [0.3, 0.4) is 0 Å². The molecule has 0 spiro atoms. The molecule has 2 atom stereocenters. The number of rotatable bonds is 11. The number of carboxylic acid groups (broad SMARTS) is 1. The summed E-state index contributed by atoms with van der Waals surface area (Å²) >= 11 is 20.2. The molecule has 0 aromatic heterocycles. The fourth-order valence-corrected chi connectivity index (χ4v) is 7.54. The fraction of sp³-hybridized carbons (Fsp3) is 0.435. The molecule has 1 N–H and O–H groups in total. The lowest BCUT2D eigenvalue weighted by molar-refractivity contribution is -0.137. The Morgan fingerprint density at radius 1 is 1.15 bits per heavy atom. The third-order valence-corrected chi connectivity index (χ3v) is 9.70. The molecular weight excluding hydrogens is 539 g/mol. The summed E-state index contributed by atoms with van der Waals surface area (Å²) in [6.07, 6.45) is 2.33. The average Bonchev–Trinajstić information content (AvgIpc) is 3.20. The molecule has 2 aromatic rings. The van der Waals surface area contributed by atoms with Crippen molar-refractivity contribution in [2.75, 3.05) is 23.1 Å². The molecule has 1 aliphatic rings. The summed E-state index contributed by atoms with van der Waals surface area (Å²) in [5.41, 5.74) is 0.328. The number of halogens is 3. The number of unbranched alkanes of at least 4 members (excludes halogenated alkanes) is 1. The van der Waals surface area contributed by atoms with Crippen molar-refractivity contribution < 1.29 is 18.3 Å². The lowest BCUT2D eigenvalue weighted by atomic mass is 10.1. The summed E-state index contributed by atoms with van der Waals surface area (Å²) in [4.78, 5) is 13.4. The van der Waals surface area contributed by atoms with Crippen molar-refractivity contribution in [3.8, 4) is 0 Å². The Bertz CT molecular complexity index is 1100. The van der Waals surface area contributed by atoms with Crippen LogP contribution < -0.4 is 4.31 Å². The summed E-state index contributed by atoms with van der Waals surface area (Å²) in [6, 6.07) is 10.4. The van der Waals surface area contributed by atoms with Crippen LogP contribution in [0.15, 0.2) is 47.4 Å². The largest absolute Gasteiger partial charge is 0.481 e. The number of anilines is 1. The first-order valence-electron chi connectivity index (χ1n) is 10.9. The molecule has 0 aliphatic carbocycles. The summed E-state index contributed by atoms with van der Waals surface area (Å²) in [6.45, 7) is 3.50. The number of hydrogen-bond donors (Lipinski definition) is 1. The normalized spacial score (nSPS) is 17.6. The van der Waals surface area contributed by atoms with Gasteiger partial charge in [-0.1, -0.05) is 41.2 Å². The molecule has 186 valence electrons. The van der Waals surface area contributed by atoms with E-state index in [0.717, 1.165) is 31.7 Å². The minimum absolute atomic E-state index is 0.00183. The predicted octanol–water partition coefficient (Wildman–Crippen LogP) is 6.25. The van der Waals surface area contributed by atoms with Crippen LogP contribution in [0.25, 0.3) is 0 Å². The molecular formula is C23H27Cl3N2O4S2. The molecule has 1 fully saturated rings. The molecule has 0 bridgehead atoms. The molecule has 2 aromatic carbocycles. The summed E-state index contributed by atoms with van der Waals surface area (Å²) in [5.74, 6) is 0.133. The Kier molecular flexibility index (Phi) is 9.83. The number of hydrogen-bond acceptors (Lipinski definition) is 5. The lowest BCUT2D eigenvalue weighted by Crippen LogP contribution is -2.39. The Morgan fingerprint density at radius 3 is 2.50 bits per heavy atom. The van der Waals surface area contributed by atoms with Gasteiger partial charge in [-0.2, -0.15) is 0 Å². The number of carboxylic acids is 1. The van der Waals surface area contributed by atoms with Gasteiger partial charge in [-0.25, -0.2) is 8.42 Å². The second-order valence-corrected chi connectivity index (χ2v) is 12.5. The van der Waals surface area contributed by atoms with Gasteiger partial charge in [0.25, 0.3) is 10.0 Å². The Labute approximate surface area is 220 Å². The van der Waals surface area contributed by atoms with E-state index in [9.17, 15) is 13.2 Å². The number of nitrogens with zero attached hydrogens (tertiary/aromatic N) is 2. The van der Waals surface area contributed by atoms with E-state index >= 15 is 0 Å². The van der Waals surface area contributed by atoms with Gasteiger partial charge < -0.3 is 5.11 Å². The predicted molar refractivity (Wildman–Crippen MR) is 141 cm³/mol. The summed E-state index contributed by atoms with van der Waals surface area (Å²) < 4.78 is 28.6. The van der Waals surface area contributed by atoms with E-state index in [1.807, 2.05) is 6.92 Å². The highest BCUT2D eigenvalue weighted by Gasteiger charge is 2.31. The minimum Gasteiger partial charge on any atom is -0.481 e. The molecule has 1 unspecified atom stereocenters. The van der Waals surface area contributed by atoms with Crippen LogP contribution in [-0.4, -0.2) is 54.7 Å². The van der Waals surface area contributed by atoms with Crippen molar-refractivity contribution in [3.05, 3.63) is 57.5 Å². The third kappa shape index (κ3) is 6.95. The highest BCUT2D eigenvalue weighted by atomic mass is 35.5. The van der Waals surface area contributed by atoms with Crippen LogP contribution in [0.5, 0.6) is 0 Å². The first-order valence-corrected chi connectivity index (χ1v) is 14.5. The number of thioether (sulfide) groups is 1. The van der Waals surface area contributed by atoms with Crippen molar-refractivity contribution in [1.29, 1.82) is 0 Å². The van der Waals surface area contributed by atoms with E-state index in [0.29, 0.717) is 27.2 Å². The first-order chi connectivity index (χ1) is 16.1. The van der Waals surface area contributed by atoms with Crippen molar-refractivity contribution >= 4 is 68.2 Å². The molecule has 0 radical (unpaired) electrons. The Balaban J connectivity index is 1.75. The zero-order valence-corrected chi connectivity index (χ0v) is 22.6. The molecule has 1 aliphatic heterocycles. The quantitative estimate of drug-likeness (QED) is 0.325. The minimum atomic E-state index is -3.93. The molecule has 0 amide bonds. The van der Waals surface area contributed by atoms with Gasteiger partial charge in [0.2, 0.25) is 0 Å². The molecule has 6 nitrogen and oxygen atoms in total. The van der Waals surface area contributed by atoms with Gasteiger partial charge in [-0.15, -0.1) is 11.8 Å². The van der Waals surface area contributed by atoms with Gasteiger partial charge in [0.15, 0.2) is 0 Å². The summed E-state index contributed by atoms with van der Waals surface area (Å²) in [5, 5.41) is 10.2. The van der Waals surface area contributed by atoms with Gasteiger partial charge in [0.05, 0.1) is 27.4 Å². The van der Waals surface area contributed by atoms with Gasteiger partial charge in [-0.3, -0.25) is 14.0 Å². The highest BCUT2D eigenvalue weighted by molar-refractivity contribution is 8.00. The van der Waals surface area contributed by atoms with E-state index < -0.39 is 16.0 Å². The molecule has 1 heterocycles. The second-order valence-electron chi connectivity index (χ2n) is 8.15. The van der Waals surface area contributed by atoms with E-state index in [1.54, 1.807) is 42.1 Å². The number of sulfonamides is 1. The van der Waals surface area contributed by atoms with Crippen molar-refractivity contribution in [3.63, 3.8) is 0 Å². The van der Waals surface area contributed by atoms with Crippen molar-refractivity contribution in [1.82, 2.24) is 4.90 Å². The molecule has 1 saturated heterocycles. The zero-order chi connectivity index (χ0) is 24.9. The van der Waals surface area contributed by atoms with Crippen molar-refractivity contribution in [2.45, 2.75) is 48.9 Å². The monoisotopic (exact) mass is 564 g/mol. The topological polar surface area (TPSA) is 77.9 Å². The van der Waals surface area contributed by atoms with Gasteiger partial charge >= 0.3 is 5.97 Å². The van der Waals surface area contributed by atoms with Crippen LogP contribution in [-0.2, 0) is 14.8 Å². The Morgan fingerprint density at radius 2 is 1.82 bits per heavy atom. The molecule has 11 heteroatoms. The molecule has 34 heavy (non-hydrogen) atoms. The van der Waals surface area contributed by atoms with Crippen molar-refractivity contribution in [2.24, 2.45) is 0 Å². The highest BCUT2D eigenvalue weighted by Crippen LogP contribution is 2.36. The zero-order valence-electron chi connectivity index (χ0n) is 18.7. The van der Waals surface area contributed by atoms with E-state index in [1.165, 1.54) is 16.4 Å². The third-order valence-electron chi connectivity index (χ3n) is 5.68. The van der Waals surface area contributed by atoms with E-state index in [4.69, 9.17) is 39.9 Å². The molecule has 0 saturated carbocycles. The van der Waals surface area contributed by atoms with Crippen LogP contribution in [0, 0.1) is 0 Å². The average molecular weight is 566 g/mol. The maximum Gasteiger partial charge on any atom is 0.305 e. The van der Waals surface area contributed by atoms with Crippen LogP contribution in [0.4, 0.5) is 5.69 Å². The van der Waals surface area contributed by atoms with Crippen LogP contribution >= 0.6 is 46.6 Å². The summed E-state index contributed by atoms with van der Waals surface area (Å²) in [7, 11) is -3.93.